The quantitative estimate of drug-likeness (QED) is 0.894. The molecule has 2 nitrogen and oxygen atoms in total. The fourth-order valence-electron chi connectivity index (χ4n) is 2.98. The number of anilines is 1. The van der Waals surface area contributed by atoms with Crippen LogP contribution in [0.4, 0.5) is 5.69 Å². The van der Waals surface area contributed by atoms with Gasteiger partial charge in [0.2, 0.25) is 0 Å². The summed E-state index contributed by atoms with van der Waals surface area (Å²) in [5.41, 5.74) is 2.41. The van der Waals surface area contributed by atoms with Crippen LogP contribution in [0.5, 0.6) is 0 Å². The third-order valence-electron chi connectivity index (χ3n) is 4.31. The summed E-state index contributed by atoms with van der Waals surface area (Å²) < 4.78 is 0. The van der Waals surface area contributed by atoms with E-state index < -0.39 is 0 Å². The van der Waals surface area contributed by atoms with Gasteiger partial charge in [-0.2, -0.15) is 0 Å². The monoisotopic (exact) mass is 280 g/mol. The Morgan fingerprint density at radius 2 is 1.95 bits per heavy atom. The lowest BCUT2D eigenvalue weighted by Gasteiger charge is -2.35. The second-order valence-corrected chi connectivity index (χ2v) is 6.25. The number of hydrogen-bond acceptors (Lipinski definition) is 2. The number of nitrogens with one attached hydrogen (secondary N) is 1. The van der Waals surface area contributed by atoms with Gasteiger partial charge in [0, 0.05) is 19.6 Å². The van der Waals surface area contributed by atoms with Crippen LogP contribution in [0.2, 0.25) is 5.02 Å². The Kier molecular flexibility index (Phi) is 5.12. The summed E-state index contributed by atoms with van der Waals surface area (Å²) in [5.74, 6) is 0.887. The maximum atomic E-state index is 6.44. The molecule has 1 aromatic carbocycles. The standard InChI is InChI=1S/C16H25ClN2/c1-12-4-7-14(8-5-12)19(3)16-9-6-13(11-18-2)10-15(16)17/h6,9-10,12,14,18H,4-5,7-8,11H2,1-3H3. The van der Waals surface area contributed by atoms with Crippen LogP contribution in [0, 0.1) is 5.92 Å². The largest absolute Gasteiger partial charge is 0.370 e. The molecule has 1 aliphatic carbocycles. The highest BCUT2D eigenvalue weighted by atomic mass is 35.5. The van der Waals surface area contributed by atoms with Crippen LogP contribution in [0.3, 0.4) is 0 Å². The van der Waals surface area contributed by atoms with E-state index in [1.807, 2.05) is 7.05 Å². The van der Waals surface area contributed by atoms with Crippen LogP contribution >= 0.6 is 11.6 Å². The van der Waals surface area contributed by atoms with Crippen molar-refractivity contribution >= 4 is 17.3 Å². The third kappa shape index (κ3) is 3.64. The number of benzene rings is 1. The van der Waals surface area contributed by atoms with Gasteiger partial charge in [-0.1, -0.05) is 24.6 Å². The SMILES string of the molecule is CNCc1ccc(N(C)C2CCC(C)CC2)c(Cl)c1. The molecule has 0 atom stereocenters. The zero-order valence-corrected chi connectivity index (χ0v) is 13.0. The molecule has 0 aromatic heterocycles. The van der Waals surface area contributed by atoms with Crippen molar-refractivity contribution in [2.45, 2.75) is 45.2 Å². The summed E-state index contributed by atoms with van der Waals surface area (Å²) in [7, 11) is 4.14. The molecule has 1 fully saturated rings. The van der Waals surface area contributed by atoms with Crippen molar-refractivity contribution in [2.75, 3.05) is 19.0 Å². The van der Waals surface area contributed by atoms with Gasteiger partial charge in [0.25, 0.3) is 0 Å². The molecule has 0 saturated heterocycles. The van der Waals surface area contributed by atoms with Gasteiger partial charge in [-0.05, 0) is 56.3 Å². The van der Waals surface area contributed by atoms with E-state index in [1.54, 1.807) is 0 Å². The first-order valence-corrected chi connectivity index (χ1v) is 7.65. The Bertz CT molecular complexity index is 411. The van der Waals surface area contributed by atoms with E-state index in [4.69, 9.17) is 11.6 Å². The molecule has 1 N–H and O–H groups in total. The predicted molar refractivity (Wildman–Crippen MR) is 84.0 cm³/mol. The van der Waals surface area contributed by atoms with Crippen molar-refractivity contribution in [1.82, 2.24) is 5.32 Å². The minimum atomic E-state index is 0.642. The molecule has 106 valence electrons. The molecule has 0 spiro atoms. The molecule has 0 heterocycles. The molecule has 3 heteroatoms. The Morgan fingerprint density at radius 3 is 2.53 bits per heavy atom. The van der Waals surface area contributed by atoms with Crippen LogP contribution in [-0.4, -0.2) is 20.1 Å². The fourth-order valence-corrected chi connectivity index (χ4v) is 3.31. The minimum Gasteiger partial charge on any atom is -0.370 e. The summed E-state index contributed by atoms with van der Waals surface area (Å²) >= 11 is 6.44. The lowest BCUT2D eigenvalue weighted by Crippen LogP contribution is -2.35. The predicted octanol–water partition coefficient (Wildman–Crippen LogP) is 4.07. The molecule has 1 saturated carbocycles. The first-order valence-electron chi connectivity index (χ1n) is 7.27. The maximum Gasteiger partial charge on any atom is 0.0642 e. The van der Waals surface area contributed by atoms with Crippen molar-refractivity contribution in [2.24, 2.45) is 5.92 Å². The van der Waals surface area contributed by atoms with E-state index in [9.17, 15) is 0 Å². The van der Waals surface area contributed by atoms with Gasteiger partial charge in [0.1, 0.15) is 0 Å². The first kappa shape index (κ1) is 14.7. The zero-order valence-electron chi connectivity index (χ0n) is 12.2. The van der Waals surface area contributed by atoms with Gasteiger partial charge >= 0.3 is 0 Å². The van der Waals surface area contributed by atoms with Gasteiger partial charge in [0.15, 0.2) is 0 Å². The molecule has 1 aromatic rings. The van der Waals surface area contributed by atoms with Gasteiger partial charge in [-0.25, -0.2) is 0 Å². The highest BCUT2D eigenvalue weighted by Crippen LogP contribution is 2.33. The van der Waals surface area contributed by atoms with Gasteiger partial charge in [-0.3, -0.25) is 0 Å². The minimum absolute atomic E-state index is 0.642. The molecule has 19 heavy (non-hydrogen) atoms. The first-order chi connectivity index (χ1) is 9.11. The topological polar surface area (TPSA) is 15.3 Å². The Labute approximate surface area is 122 Å². The van der Waals surface area contributed by atoms with Gasteiger partial charge < -0.3 is 10.2 Å². The van der Waals surface area contributed by atoms with E-state index >= 15 is 0 Å². The average molecular weight is 281 g/mol. The van der Waals surface area contributed by atoms with Crippen molar-refractivity contribution < 1.29 is 0 Å². The van der Waals surface area contributed by atoms with Gasteiger partial charge in [0.05, 0.1) is 10.7 Å². The van der Waals surface area contributed by atoms with Crippen LogP contribution in [-0.2, 0) is 6.54 Å². The Balaban J connectivity index is 2.08. The summed E-state index contributed by atoms with van der Waals surface area (Å²) in [6.07, 6.45) is 5.24. The Morgan fingerprint density at radius 1 is 1.26 bits per heavy atom. The molecule has 0 aliphatic heterocycles. The molecule has 2 rings (SSSR count). The summed E-state index contributed by atoms with van der Waals surface area (Å²) in [5, 5.41) is 4.03. The summed E-state index contributed by atoms with van der Waals surface area (Å²) in [6.45, 7) is 3.22. The summed E-state index contributed by atoms with van der Waals surface area (Å²) in [6, 6.07) is 7.05. The second kappa shape index (κ2) is 6.62. The smallest absolute Gasteiger partial charge is 0.0642 e. The van der Waals surface area contributed by atoms with E-state index in [0.717, 1.165) is 17.5 Å². The Hall–Kier alpha value is -0.730. The van der Waals surface area contributed by atoms with E-state index in [0.29, 0.717) is 6.04 Å². The molecule has 0 unspecified atom stereocenters. The molecule has 0 bridgehead atoms. The van der Waals surface area contributed by atoms with Crippen molar-refractivity contribution in [1.29, 1.82) is 0 Å². The average Bonchev–Trinajstić information content (AvgIpc) is 2.39. The lowest BCUT2D eigenvalue weighted by molar-refractivity contribution is 0.341. The number of nitrogens with zero attached hydrogens (tertiary/aromatic N) is 1. The van der Waals surface area contributed by atoms with E-state index in [1.165, 1.54) is 36.9 Å². The number of halogens is 1. The van der Waals surface area contributed by atoms with Gasteiger partial charge in [-0.15, -0.1) is 0 Å². The van der Waals surface area contributed by atoms with Crippen molar-refractivity contribution in [3.05, 3.63) is 28.8 Å². The third-order valence-corrected chi connectivity index (χ3v) is 4.61. The summed E-state index contributed by atoms with van der Waals surface area (Å²) in [4.78, 5) is 2.37. The van der Waals surface area contributed by atoms with Crippen LogP contribution in [0.15, 0.2) is 18.2 Å². The molecule has 1 aliphatic rings. The molecular formula is C16H25ClN2. The molecule has 0 radical (unpaired) electrons. The lowest BCUT2D eigenvalue weighted by atomic mass is 9.86. The van der Waals surface area contributed by atoms with Crippen molar-refractivity contribution in [3.8, 4) is 0 Å². The zero-order chi connectivity index (χ0) is 13.8. The normalized spacial score (nSPS) is 23.4. The number of rotatable bonds is 4. The van der Waals surface area contributed by atoms with E-state index in [-0.39, 0.29) is 0 Å². The van der Waals surface area contributed by atoms with E-state index in [2.05, 4.69) is 42.4 Å². The molecule has 0 amide bonds. The highest BCUT2D eigenvalue weighted by Gasteiger charge is 2.22. The maximum absolute atomic E-state index is 6.44. The van der Waals surface area contributed by atoms with Crippen molar-refractivity contribution in [3.63, 3.8) is 0 Å². The molecular weight excluding hydrogens is 256 g/mol. The number of hydrogen-bond donors (Lipinski definition) is 1. The second-order valence-electron chi connectivity index (χ2n) is 5.84. The highest BCUT2D eigenvalue weighted by molar-refractivity contribution is 6.33. The van der Waals surface area contributed by atoms with Crippen LogP contribution in [0.1, 0.15) is 38.2 Å². The van der Waals surface area contributed by atoms with Crippen LogP contribution < -0.4 is 10.2 Å². The van der Waals surface area contributed by atoms with Crippen LogP contribution in [0.25, 0.3) is 0 Å². The fraction of sp³-hybridized carbons (Fsp3) is 0.625.